The fourth-order valence-electron chi connectivity index (χ4n) is 0.786. The second-order valence-electron chi connectivity index (χ2n) is 2.69. The summed E-state index contributed by atoms with van der Waals surface area (Å²) in [6.45, 7) is 0.509. The van der Waals surface area contributed by atoms with Gasteiger partial charge in [0.15, 0.2) is 6.10 Å². The first-order valence-electron chi connectivity index (χ1n) is 4.38. The summed E-state index contributed by atoms with van der Waals surface area (Å²) < 4.78 is 4.64. The molecule has 2 amide bonds. The van der Waals surface area contributed by atoms with Gasteiger partial charge in [0, 0.05) is 19.4 Å². The summed E-state index contributed by atoms with van der Waals surface area (Å²) in [7, 11) is 1.28. The van der Waals surface area contributed by atoms with Gasteiger partial charge >= 0.3 is 12.0 Å². The largest absolute Gasteiger partial charge is 0.479 e. The molecule has 0 radical (unpaired) electrons. The lowest BCUT2D eigenvalue weighted by molar-refractivity contribution is -0.147. The molecule has 0 aliphatic carbocycles. The van der Waals surface area contributed by atoms with Crippen molar-refractivity contribution in [3.8, 4) is 0 Å². The zero-order chi connectivity index (χ0) is 11.7. The summed E-state index contributed by atoms with van der Waals surface area (Å²) in [6.07, 6.45) is 0.932. The first kappa shape index (κ1) is 14.1. The SMILES string of the molecule is COC(CNC(=O)NCCSC)C(=O)O. The maximum atomic E-state index is 11.1. The average molecular weight is 236 g/mol. The fraction of sp³-hybridized carbons (Fsp3) is 0.750. The number of hydrogen-bond donors (Lipinski definition) is 3. The van der Waals surface area contributed by atoms with Crippen molar-refractivity contribution < 1.29 is 19.4 Å². The number of rotatable bonds is 7. The number of ether oxygens (including phenoxy) is 1. The molecule has 0 aromatic heterocycles. The molecule has 0 aliphatic heterocycles. The number of urea groups is 1. The van der Waals surface area contributed by atoms with Crippen molar-refractivity contribution in [2.24, 2.45) is 0 Å². The third-order valence-corrected chi connectivity index (χ3v) is 2.21. The van der Waals surface area contributed by atoms with E-state index in [0.29, 0.717) is 6.54 Å². The van der Waals surface area contributed by atoms with Crippen LogP contribution in [-0.4, -0.2) is 55.4 Å². The molecule has 0 bridgehead atoms. The second-order valence-corrected chi connectivity index (χ2v) is 3.68. The van der Waals surface area contributed by atoms with Gasteiger partial charge in [0.25, 0.3) is 0 Å². The van der Waals surface area contributed by atoms with Crippen LogP contribution in [0.5, 0.6) is 0 Å². The highest BCUT2D eigenvalue weighted by molar-refractivity contribution is 7.98. The Morgan fingerprint density at radius 2 is 2.13 bits per heavy atom. The topological polar surface area (TPSA) is 87.7 Å². The number of nitrogens with one attached hydrogen (secondary N) is 2. The van der Waals surface area contributed by atoms with Crippen LogP contribution in [0.4, 0.5) is 4.79 Å². The quantitative estimate of drug-likeness (QED) is 0.530. The highest BCUT2D eigenvalue weighted by Crippen LogP contribution is 1.88. The number of amides is 2. The maximum absolute atomic E-state index is 11.1. The van der Waals surface area contributed by atoms with E-state index in [-0.39, 0.29) is 12.6 Å². The van der Waals surface area contributed by atoms with Crippen LogP contribution in [0.15, 0.2) is 0 Å². The van der Waals surface area contributed by atoms with Gasteiger partial charge < -0.3 is 20.5 Å². The van der Waals surface area contributed by atoms with E-state index in [0.717, 1.165) is 5.75 Å². The smallest absolute Gasteiger partial charge is 0.334 e. The summed E-state index contributed by atoms with van der Waals surface area (Å²) >= 11 is 1.62. The summed E-state index contributed by atoms with van der Waals surface area (Å²) in [5.41, 5.74) is 0. The van der Waals surface area contributed by atoms with Crippen LogP contribution < -0.4 is 10.6 Å². The first-order chi connectivity index (χ1) is 7.11. The highest BCUT2D eigenvalue weighted by atomic mass is 32.2. The van der Waals surface area contributed by atoms with Gasteiger partial charge in [0.1, 0.15) is 0 Å². The molecule has 3 N–H and O–H groups in total. The second kappa shape index (κ2) is 8.37. The number of carboxylic acid groups (broad SMARTS) is 1. The normalized spacial score (nSPS) is 11.9. The number of aliphatic carboxylic acids is 1. The van der Waals surface area contributed by atoms with E-state index in [9.17, 15) is 9.59 Å². The molecule has 15 heavy (non-hydrogen) atoms. The average Bonchev–Trinajstić information content (AvgIpc) is 2.18. The zero-order valence-corrected chi connectivity index (χ0v) is 9.60. The number of thioether (sulfide) groups is 1. The molecule has 0 saturated carbocycles. The van der Waals surface area contributed by atoms with Crippen LogP contribution in [-0.2, 0) is 9.53 Å². The molecule has 88 valence electrons. The number of carboxylic acids is 1. The molecule has 0 saturated heterocycles. The molecular weight excluding hydrogens is 220 g/mol. The summed E-state index contributed by atoms with van der Waals surface area (Å²) in [5.74, 6) is -0.276. The van der Waals surface area contributed by atoms with Gasteiger partial charge in [-0.25, -0.2) is 9.59 Å². The molecule has 0 aromatic carbocycles. The Balaban J connectivity index is 3.64. The Labute approximate surface area is 92.7 Å². The minimum Gasteiger partial charge on any atom is -0.479 e. The zero-order valence-electron chi connectivity index (χ0n) is 8.78. The van der Waals surface area contributed by atoms with E-state index < -0.39 is 12.1 Å². The van der Waals surface area contributed by atoms with Crippen LogP contribution in [0.3, 0.4) is 0 Å². The third kappa shape index (κ3) is 7.03. The molecule has 0 aromatic rings. The van der Waals surface area contributed by atoms with Crippen molar-refractivity contribution in [1.29, 1.82) is 0 Å². The van der Waals surface area contributed by atoms with E-state index >= 15 is 0 Å². The maximum Gasteiger partial charge on any atom is 0.334 e. The molecule has 7 heteroatoms. The number of carbonyl (C=O) groups excluding carboxylic acids is 1. The minimum absolute atomic E-state index is 0.0447. The van der Waals surface area contributed by atoms with E-state index in [1.165, 1.54) is 7.11 Å². The van der Waals surface area contributed by atoms with Crippen molar-refractivity contribution >= 4 is 23.8 Å². The fourth-order valence-corrected chi connectivity index (χ4v) is 1.09. The van der Waals surface area contributed by atoms with Crippen LogP contribution >= 0.6 is 11.8 Å². The third-order valence-electron chi connectivity index (χ3n) is 1.60. The van der Waals surface area contributed by atoms with Crippen LogP contribution in [0.1, 0.15) is 0 Å². The van der Waals surface area contributed by atoms with Crippen molar-refractivity contribution in [3.05, 3.63) is 0 Å². The predicted octanol–water partition coefficient (Wildman–Crippen LogP) is -0.252. The van der Waals surface area contributed by atoms with Crippen molar-refractivity contribution in [2.75, 3.05) is 32.2 Å². The van der Waals surface area contributed by atoms with Crippen LogP contribution in [0.25, 0.3) is 0 Å². The van der Waals surface area contributed by atoms with E-state index in [4.69, 9.17) is 5.11 Å². The van der Waals surface area contributed by atoms with Crippen molar-refractivity contribution in [1.82, 2.24) is 10.6 Å². The van der Waals surface area contributed by atoms with Gasteiger partial charge in [-0.2, -0.15) is 11.8 Å². The Hall–Kier alpha value is -0.950. The van der Waals surface area contributed by atoms with Gasteiger partial charge in [-0.15, -0.1) is 0 Å². The molecule has 0 fully saturated rings. The summed E-state index contributed by atoms with van der Waals surface area (Å²) in [4.78, 5) is 21.6. The van der Waals surface area contributed by atoms with Crippen LogP contribution in [0, 0.1) is 0 Å². The van der Waals surface area contributed by atoms with Crippen molar-refractivity contribution in [3.63, 3.8) is 0 Å². The first-order valence-corrected chi connectivity index (χ1v) is 5.77. The lowest BCUT2D eigenvalue weighted by Crippen LogP contribution is -2.43. The molecule has 0 spiro atoms. The molecule has 0 aliphatic rings. The van der Waals surface area contributed by atoms with Gasteiger partial charge in [-0.05, 0) is 6.26 Å². The van der Waals surface area contributed by atoms with Gasteiger partial charge in [-0.3, -0.25) is 0 Å². The number of methoxy groups -OCH3 is 1. The molecular formula is C8H16N2O4S. The Kier molecular flexibility index (Phi) is 7.84. The Morgan fingerprint density at radius 3 is 2.60 bits per heavy atom. The molecule has 1 atom stereocenters. The highest BCUT2D eigenvalue weighted by Gasteiger charge is 2.16. The Morgan fingerprint density at radius 1 is 1.47 bits per heavy atom. The summed E-state index contributed by atoms with van der Waals surface area (Å²) in [5, 5.41) is 13.6. The monoisotopic (exact) mass is 236 g/mol. The number of hydrogen-bond acceptors (Lipinski definition) is 4. The van der Waals surface area contributed by atoms with E-state index in [1.807, 2.05) is 6.26 Å². The molecule has 0 rings (SSSR count). The summed E-state index contributed by atoms with van der Waals surface area (Å²) in [6, 6.07) is -0.382. The molecule has 0 heterocycles. The lowest BCUT2D eigenvalue weighted by Gasteiger charge is -2.11. The number of carbonyl (C=O) groups is 2. The Bertz CT molecular complexity index is 213. The van der Waals surface area contributed by atoms with Gasteiger partial charge in [0.05, 0.1) is 6.54 Å². The lowest BCUT2D eigenvalue weighted by atomic mass is 10.3. The van der Waals surface area contributed by atoms with E-state index in [2.05, 4.69) is 15.4 Å². The van der Waals surface area contributed by atoms with Crippen LogP contribution in [0.2, 0.25) is 0 Å². The minimum atomic E-state index is -1.10. The molecule has 6 nitrogen and oxygen atoms in total. The predicted molar refractivity (Wildman–Crippen MR) is 58.2 cm³/mol. The van der Waals surface area contributed by atoms with E-state index in [1.54, 1.807) is 11.8 Å². The van der Waals surface area contributed by atoms with Gasteiger partial charge in [0.2, 0.25) is 0 Å². The van der Waals surface area contributed by atoms with Crippen molar-refractivity contribution in [2.45, 2.75) is 6.10 Å². The molecule has 1 unspecified atom stereocenters. The standard InChI is InChI=1S/C8H16N2O4S/c1-14-6(7(11)12)5-10-8(13)9-3-4-15-2/h6H,3-5H2,1-2H3,(H,11,12)(H2,9,10,13). The van der Waals surface area contributed by atoms with Gasteiger partial charge in [-0.1, -0.05) is 0 Å².